The number of carbonyl (C=O) groups excluding carboxylic acids is 1. The number of anilines is 1. The Labute approximate surface area is 167 Å². The summed E-state index contributed by atoms with van der Waals surface area (Å²) < 4.78 is 20.5. The van der Waals surface area contributed by atoms with Crippen LogP contribution in [-0.2, 0) is 13.0 Å². The molecule has 0 unspecified atom stereocenters. The van der Waals surface area contributed by atoms with Crippen LogP contribution in [0.3, 0.4) is 0 Å². The highest BCUT2D eigenvalue weighted by Gasteiger charge is 2.25. The smallest absolute Gasteiger partial charge is 0.278 e. The molecule has 2 heterocycles. The normalized spacial score (nSPS) is 13.1. The number of para-hydroxylation sites is 1. The molecule has 7 heteroatoms. The number of amides is 1. The zero-order valence-corrected chi connectivity index (χ0v) is 15.8. The zero-order chi connectivity index (χ0) is 20.2. The number of rotatable bonds is 5. The summed E-state index contributed by atoms with van der Waals surface area (Å²) in [6.07, 6.45) is 1.58. The maximum Gasteiger partial charge on any atom is 0.278 e. The Balaban J connectivity index is 1.52. The molecule has 6 nitrogen and oxygen atoms in total. The summed E-state index contributed by atoms with van der Waals surface area (Å²) in [5, 5.41) is 4.21. The molecule has 148 valence electrons. The highest BCUT2D eigenvalue weighted by atomic mass is 19.1. The highest BCUT2D eigenvalue weighted by Crippen LogP contribution is 2.28. The number of nitrogens with zero attached hydrogens (tertiary/aromatic N) is 3. The van der Waals surface area contributed by atoms with E-state index in [1.807, 2.05) is 30.3 Å². The van der Waals surface area contributed by atoms with Crippen molar-refractivity contribution >= 4 is 11.6 Å². The van der Waals surface area contributed by atoms with Crippen molar-refractivity contribution in [3.8, 4) is 5.75 Å². The molecule has 4 rings (SSSR count). The van der Waals surface area contributed by atoms with Gasteiger partial charge in [0.1, 0.15) is 23.9 Å². The van der Waals surface area contributed by atoms with E-state index in [4.69, 9.17) is 4.74 Å². The summed E-state index contributed by atoms with van der Waals surface area (Å²) in [5.74, 6) is -0.0477. The van der Waals surface area contributed by atoms with E-state index in [1.165, 1.54) is 33.8 Å². The van der Waals surface area contributed by atoms with Crippen molar-refractivity contribution in [2.75, 3.05) is 18.1 Å². The predicted octanol–water partition coefficient (Wildman–Crippen LogP) is 3.05. The summed E-state index contributed by atoms with van der Waals surface area (Å²) >= 11 is 0. The lowest BCUT2D eigenvalue weighted by atomic mass is 10.0. The van der Waals surface area contributed by atoms with E-state index in [9.17, 15) is 14.0 Å². The summed E-state index contributed by atoms with van der Waals surface area (Å²) in [7, 11) is 0. The van der Waals surface area contributed by atoms with Crippen LogP contribution in [0.1, 0.15) is 22.5 Å². The molecule has 0 fully saturated rings. The lowest BCUT2D eigenvalue weighted by Crippen LogP contribution is -2.37. The van der Waals surface area contributed by atoms with Gasteiger partial charge in [0, 0.05) is 12.6 Å². The number of aromatic nitrogens is 2. The summed E-state index contributed by atoms with van der Waals surface area (Å²) in [6, 6.07) is 16.5. The van der Waals surface area contributed by atoms with Crippen LogP contribution in [0, 0.1) is 5.82 Å². The van der Waals surface area contributed by atoms with E-state index in [1.54, 1.807) is 6.07 Å². The fourth-order valence-electron chi connectivity index (χ4n) is 3.39. The van der Waals surface area contributed by atoms with Crippen molar-refractivity contribution in [3.63, 3.8) is 0 Å². The van der Waals surface area contributed by atoms with Crippen molar-refractivity contribution in [1.82, 2.24) is 9.78 Å². The molecular formula is C22H20FN3O3. The van der Waals surface area contributed by atoms with Gasteiger partial charge in [-0.25, -0.2) is 9.07 Å². The van der Waals surface area contributed by atoms with Crippen LogP contribution in [0.5, 0.6) is 5.75 Å². The van der Waals surface area contributed by atoms with Gasteiger partial charge in [-0.2, -0.15) is 5.10 Å². The van der Waals surface area contributed by atoms with E-state index < -0.39 is 0 Å². The first-order valence-electron chi connectivity index (χ1n) is 9.48. The molecule has 1 aromatic heterocycles. The molecule has 0 N–H and O–H groups in total. The summed E-state index contributed by atoms with van der Waals surface area (Å²) in [6.45, 7) is 0.930. The van der Waals surface area contributed by atoms with Gasteiger partial charge in [0.05, 0.1) is 12.2 Å². The second-order valence-corrected chi connectivity index (χ2v) is 6.77. The van der Waals surface area contributed by atoms with Crippen LogP contribution in [-0.4, -0.2) is 28.8 Å². The number of benzene rings is 2. The first-order chi connectivity index (χ1) is 14.1. The molecule has 0 aliphatic carbocycles. The Hall–Kier alpha value is -3.48. The first kappa shape index (κ1) is 18.9. The third-order valence-electron chi connectivity index (χ3n) is 4.81. The maximum absolute atomic E-state index is 13.7. The van der Waals surface area contributed by atoms with Crippen molar-refractivity contribution in [1.29, 1.82) is 0 Å². The summed E-state index contributed by atoms with van der Waals surface area (Å²) in [4.78, 5) is 26.7. The minimum absolute atomic E-state index is 0.140. The van der Waals surface area contributed by atoms with Gasteiger partial charge in [-0.15, -0.1) is 0 Å². The van der Waals surface area contributed by atoms with Crippen molar-refractivity contribution < 1.29 is 13.9 Å². The lowest BCUT2D eigenvalue weighted by molar-refractivity contribution is 0.0977. The van der Waals surface area contributed by atoms with Gasteiger partial charge < -0.3 is 9.64 Å². The fraction of sp³-hybridized carbons (Fsp3) is 0.227. The van der Waals surface area contributed by atoms with Gasteiger partial charge in [-0.05, 0) is 48.7 Å². The third-order valence-corrected chi connectivity index (χ3v) is 4.81. The Morgan fingerprint density at radius 3 is 2.76 bits per heavy atom. The van der Waals surface area contributed by atoms with Crippen molar-refractivity contribution in [2.45, 2.75) is 19.4 Å². The van der Waals surface area contributed by atoms with Gasteiger partial charge in [-0.3, -0.25) is 9.59 Å². The number of halogens is 1. The number of fused-ring (bicyclic) bond motifs is 1. The zero-order valence-electron chi connectivity index (χ0n) is 15.8. The number of hydrogen-bond donors (Lipinski definition) is 0. The van der Waals surface area contributed by atoms with Crippen LogP contribution >= 0.6 is 0 Å². The van der Waals surface area contributed by atoms with E-state index in [0.717, 1.165) is 18.4 Å². The monoisotopic (exact) mass is 393 g/mol. The Morgan fingerprint density at radius 1 is 1.10 bits per heavy atom. The van der Waals surface area contributed by atoms with Crippen LogP contribution < -0.4 is 15.2 Å². The van der Waals surface area contributed by atoms with Crippen LogP contribution in [0.4, 0.5) is 10.1 Å². The fourth-order valence-corrected chi connectivity index (χ4v) is 3.39. The van der Waals surface area contributed by atoms with Gasteiger partial charge in [0.25, 0.3) is 11.5 Å². The maximum atomic E-state index is 13.7. The van der Waals surface area contributed by atoms with Gasteiger partial charge in [0.15, 0.2) is 0 Å². The Bertz CT molecular complexity index is 1080. The third kappa shape index (κ3) is 4.18. The van der Waals surface area contributed by atoms with Crippen molar-refractivity contribution in [2.24, 2.45) is 0 Å². The van der Waals surface area contributed by atoms with Gasteiger partial charge in [-0.1, -0.05) is 24.3 Å². The SMILES string of the molecule is O=C(c1ccc(=O)n(CCOc2ccccc2)n1)N1CCCc2ccc(F)cc21. The molecule has 1 amide bonds. The van der Waals surface area contributed by atoms with E-state index in [-0.39, 0.29) is 36.1 Å². The molecule has 3 aromatic rings. The van der Waals surface area contributed by atoms with Crippen LogP contribution in [0.15, 0.2) is 65.5 Å². The molecule has 0 spiro atoms. The van der Waals surface area contributed by atoms with Crippen LogP contribution in [0.2, 0.25) is 0 Å². The quantitative estimate of drug-likeness (QED) is 0.668. The lowest BCUT2D eigenvalue weighted by Gasteiger charge is -2.29. The molecule has 0 saturated heterocycles. The average molecular weight is 393 g/mol. The number of aryl methyl sites for hydroxylation is 1. The average Bonchev–Trinajstić information content (AvgIpc) is 2.75. The van der Waals surface area contributed by atoms with Crippen LogP contribution in [0.25, 0.3) is 0 Å². The predicted molar refractivity (Wildman–Crippen MR) is 107 cm³/mol. The van der Waals surface area contributed by atoms with Gasteiger partial charge >= 0.3 is 0 Å². The standard InChI is InChI=1S/C22H20FN3O3/c23-17-9-8-16-5-4-12-25(20(16)15-17)22(28)19-10-11-21(27)26(24-19)13-14-29-18-6-2-1-3-7-18/h1-3,6-11,15H,4-5,12-14H2. The second kappa shape index (κ2) is 8.26. The molecule has 0 atom stereocenters. The largest absolute Gasteiger partial charge is 0.492 e. The van der Waals surface area contributed by atoms with E-state index in [2.05, 4.69) is 5.10 Å². The Kier molecular flexibility index (Phi) is 5.37. The highest BCUT2D eigenvalue weighted by molar-refractivity contribution is 6.05. The minimum Gasteiger partial charge on any atom is -0.492 e. The molecule has 2 aromatic carbocycles. The van der Waals surface area contributed by atoms with E-state index >= 15 is 0 Å². The minimum atomic E-state index is -0.389. The van der Waals surface area contributed by atoms with Gasteiger partial charge in [0.2, 0.25) is 0 Å². The molecule has 1 aliphatic rings. The Morgan fingerprint density at radius 2 is 1.93 bits per heavy atom. The molecule has 0 bridgehead atoms. The number of hydrogen-bond acceptors (Lipinski definition) is 4. The first-order valence-corrected chi connectivity index (χ1v) is 9.48. The molecule has 29 heavy (non-hydrogen) atoms. The van der Waals surface area contributed by atoms with E-state index in [0.29, 0.717) is 18.0 Å². The molecule has 0 radical (unpaired) electrons. The van der Waals surface area contributed by atoms with Crippen molar-refractivity contribution in [3.05, 3.63) is 88.1 Å². The number of carbonyl (C=O) groups is 1. The topological polar surface area (TPSA) is 64.4 Å². The molecule has 1 aliphatic heterocycles. The second-order valence-electron chi connectivity index (χ2n) is 6.77. The summed E-state index contributed by atoms with van der Waals surface area (Å²) in [5.41, 5.74) is 1.31. The molecule has 0 saturated carbocycles. The number of ether oxygens (including phenoxy) is 1. The molecular weight excluding hydrogens is 373 g/mol.